The molecule has 2 fully saturated rings. The van der Waals surface area contributed by atoms with Crippen LogP contribution in [0.1, 0.15) is 71.6 Å². The third-order valence-electron chi connectivity index (χ3n) is 5.30. The summed E-state index contributed by atoms with van der Waals surface area (Å²) >= 11 is 0. The van der Waals surface area contributed by atoms with Crippen molar-refractivity contribution in [2.24, 2.45) is 17.3 Å². The molecule has 2 aliphatic carbocycles. The summed E-state index contributed by atoms with van der Waals surface area (Å²) in [7, 11) is 0. The SMILES string of the molecule is CCC(C)C1(C2CCCC2)CCCC1.[SiH4]. The van der Waals surface area contributed by atoms with Crippen molar-refractivity contribution in [2.45, 2.75) is 71.6 Å². The van der Waals surface area contributed by atoms with Crippen molar-refractivity contribution in [1.29, 1.82) is 0 Å². The van der Waals surface area contributed by atoms with Crippen LogP contribution in [-0.2, 0) is 0 Å². The quantitative estimate of drug-likeness (QED) is 0.648. The lowest BCUT2D eigenvalue weighted by Crippen LogP contribution is -2.32. The van der Waals surface area contributed by atoms with Crippen LogP contribution in [0.4, 0.5) is 0 Å². The number of hydrogen-bond acceptors (Lipinski definition) is 0. The second-order valence-corrected chi connectivity index (χ2v) is 5.73. The van der Waals surface area contributed by atoms with Gasteiger partial charge < -0.3 is 0 Å². The Kier molecular flexibility index (Phi) is 4.89. The molecule has 0 aromatic carbocycles. The maximum absolute atomic E-state index is 2.52. The van der Waals surface area contributed by atoms with Gasteiger partial charge in [-0.2, -0.15) is 0 Å². The van der Waals surface area contributed by atoms with Crippen molar-refractivity contribution in [3.05, 3.63) is 0 Å². The lowest BCUT2D eigenvalue weighted by Gasteiger charge is -2.41. The average molecular weight is 226 g/mol. The van der Waals surface area contributed by atoms with Gasteiger partial charge in [-0.25, -0.2) is 0 Å². The number of rotatable bonds is 3. The Bertz CT molecular complexity index is 176. The van der Waals surface area contributed by atoms with Crippen LogP contribution in [0.3, 0.4) is 0 Å². The monoisotopic (exact) mass is 226 g/mol. The van der Waals surface area contributed by atoms with E-state index in [0.29, 0.717) is 0 Å². The van der Waals surface area contributed by atoms with Crippen LogP contribution in [0.2, 0.25) is 0 Å². The summed E-state index contributed by atoms with van der Waals surface area (Å²) in [4.78, 5) is 0. The zero-order chi connectivity index (χ0) is 10.0. The maximum Gasteiger partial charge on any atom is -0.0149 e. The Morgan fingerprint density at radius 1 is 1.07 bits per heavy atom. The molecule has 2 aliphatic rings. The van der Waals surface area contributed by atoms with E-state index in [1.165, 1.54) is 32.1 Å². The predicted molar refractivity (Wildman–Crippen MR) is 73.6 cm³/mol. The van der Waals surface area contributed by atoms with Crippen LogP contribution >= 0.6 is 0 Å². The van der Waals surface area contributed by atoms with E-state index < -0.39 is 0 Å². The Hall–Kier alpha value is 0.217. The van der Waals surface area contributed by atoms with Crippen LogP contribution in [0, 0.1) is 17.3 Å². The summed E-state index contributed by atoms with van der Waals surface area (Å²) in [5.74, 6) is 2.08. The fraction of sp³-hybridized carbons (Fsp3) is 1.00. The Labute approximate surface area is 100 Å². The molecular weight excluding hydrogens is 196 g/mol. The van der Waals surface area contributed by atoms with E-state index in [1.54, 1.807) is 25.7 Å². The normalized spacial score (nSPS) is 27.6. The first kappa shape index (κ1) is 13.3. The van der Waals surface area contributed by atoms with Gasteiger partial charge in [-0.3, -0.25) is 0 Å². The lowest BCUT2D eigenvalue weighted by atomic mass is 9.64. The van der Waals surface area contributed by atoms with E-state index >= 15 is 0 Å². The Morgan fingerprint density at radius 3 is 2.07 bits per heavy atom. The fourth-order valence-corrected chi connectivity index (χ4v) is 4.24. The van der Waals surface area contributed by atoms with Crippen molar-refractivity contribution in [3.63, 3.8) is 0 Å². The summed E-state index contributed by atoms with van der Waals surface area (Å²) in [6.45, 7) is 4.91. The third kappa shape index (κ3) is 2.32. The van der Waals surface area contributed by atoms with Gasteiger partial charge in [-0.1, -0.05) is 46.0 Å². The van der Waals surface area contributed by atoms with E-state index in [4.69, 9.17) is 0 Å². The van der Waals surface area contributed by atoms with Crippen molar-refractivity contribution in [3.8, 4) is 0 Å². The largest absolute Gasteiger partial charge is 0.0651 e. The second-order valence-electron chi connectivity index (χ2n) is 5.73. The molecule has 0 N–H and O–H groups in total. The van der Waals surface area contributed by atoms with Crippen molar-refractivity contribution in [1.82, 2.24) is 0 Å². The van der Waals surface area contributed by atoms with Crippen molar-refractivity contribution >= 4 is 11.0 Å². The molecule has 0 heterocycles. The standard InChI is InChI=1S/C14H26.H4Si/c1-3-12(2)14(10-6-7-11-14)13-8-4-5-9-13;/h12-13H,3-11H2,1-2H3;1H4. The van der Waals surface area contributed by atoms with Gasteiger partial charge in [0.15, 0.2) is 0 Å². The van der Waals surface area contributed by atoms with E-state index in [2.05, 4.69) is 13.8 Å². The van der Waals surface area contributed by atoms with Crippen LogP contribution in [-0.4, -0.2) is 11.0 Å². The first-order valence-corrected chi connectivity index (χ1v) is 6.79. The average Bonchev–Trinajstić information content (AvgIpc) is 2.86. The Balaban J connectivity index is 0.00000112. The molecule has 90 valence electrons. The first-order valence-electron chi connectivity index (χ1n) is 6.79. The highest BCUT2D eigenvalue weighted by atomic mass is 28.1. The van der Waals surface area contributed by atoms with Gasteiger partial charge in [0.05, 0.1) is 0 Å². The molecule has 15 heavy (non-hydrogen) atoms. The minimum Gasteiger partial charge on any atom is -0.0651 e. The van der Waals surface area contributed by atoms with E-state index in [1.807, 2.05) is 0 Å². The van der Waals surface area contributed by atoms with Gasteiger partial charge in [0.2, 0.25) is 0 Å². The highest BCUT2D eigenvalue weighted by Crippen LogP contribution is 2.55. The van der Waals surface area contributed by atoms with Crippen LogP contribution < -0.4 is 0 Å². The van der Waals surface area contributed by atoms with Gasteiger partial charge in [-0.05, 0) is 53.9 Å². The molecule has 2 rings (SSSR count). The smallest absolute Gasteiger partial charge is 0.0149 e. The maximum atomic E-state index is 2.52. The molecular formula is C14H30Si. The topological polar surface area (TPSA) is 0 Å². The van der Waals surface area contributed by atoms with Gasteiger partial charge >= 0.3 is 0 Å². The molecule has 0 aromatic rings. The van der Waals surface area contributed by atoms with Gasteiger partial charge in [0.25, 0.3) is 0 Å². The van der Waals surface area contributed by atoms with Crippen molar-refractivity contribution in [2.75, 3.05) is 0 Å². The van der Waals surface area contributed by atoms with Gasteiger partial charge in [-0.15, -0.1) is 0 Å². The number of hydrogen-bond donors (Lipinski definition) is 0. The summed E-state index contributed by atoms with van der Waals surface area (Å²) in [5, 5.41) is 0. The third-order valence-corrected chi connectivity index (χ3v) is 5.30. The molecule has 0 saturated heterocycles. The molecule has 0 spiro atoms. The van der Waals surface area contributed by atoms with Gasteiger partial charge in [0, 0.05) is 0 Å². The molecule has 2 saturated carbocycles. The first-order chi connectivity index (χ1) is 6.79. The van der Waals surface area contributed by atoms with E-state index in [9.17, 15) is 0 Å². The lowest BCUT2D eigenvalue weighted by molar-refractivity contribution is 0.0863. The minimum atomic E-state index is 0. The predicted octanol–water partition coefficient (Wildman–Crippen LogP) is 3.33. The van der Waals surface area contributed by atoms with E-state index in [0.717, 1.165) is 17.3 Å². The summed E-state index contributed by atoms with van der Waals surface area (Å²) in [5.41, 5.74) is 0.783. The molecule has 0 aliphatic heterocycles. The molecule has 0 radical (unpaired) electrons. The molecule has 1 heteroatoms. The summed E-state index contributed by atoms with van der Waals surface area (Å²) < 4.78 is 0. The minimum absolute atomic E-state index is 0. The molecule has 1 unspecified atom stereocenters. The highest BCUT2D eigenvalue weighted by molar-refractivity contribution is 5.75. The van der Waals surface area contributed by atoms with E-state index in [-0.39, 0.29) is 11.0 Å². The van der Waals surface area contributed by atoms with Gasteiger partial charge in [0.1, 0.15) is 0 Å². The highest BCUT2D eigenvalue weighted by Gasteiger charge is 2.44. The van der Waals surface area contributed by atoms with Crippen molar-refractivity contribution < 1.29 is 0 Å². The van der Waals surface area contributed by atoms with Crippen LogP contribution in [0.5, 0.6) is 0 Å². The second kappa shape index (κ2) is 5.52. The summed E-state index contributed by atoms with van der Waals surface area (Å²) in [6.07, 6.45) is 13.7. The van der Waals surface area contributed by atoms with Crippen LogP contribution in [0.15, 0.2) is 0 Å². The molecule has 0 aromatic heterocycles. The zero-order valence-electron chi connectivity index (χ0n) is 10.0. The Morgan fingerprint density at radius 2 is 1.60 bits per heavy atom. The molecule has 0 nitrogen and oxygen atoms in total. The molecule has 0 bridgehead atoms. The molecule has 1 atom stereocenters. The summed E-state index contributed by atoms with van der Waals surface area (Å²) in [6, 6.07) is 0. The van der Waals surface area contributed by atoms with Crippen LogP contribution in [0.25, 0.3) is 0 Å². The molecule has 0 amide bonds. The fourth-order valence-electron chi connectivity index (χ4n) is 4.24. The zero-order valence-corrected chi connectivity index (χ0v) is 10.0.